The standard InChI is InChI=1S/C20H20N4O3/c1-25-12-11-18-22-20(27-23-18)13-24-17-10-6-5-9-16(17)21-19(24)14-26-15-7-3-2-4-8-15/h2-10H,11-14H2,1H3. The Balaban J connectivity index is 1.59. The number of para-hydroxylation sites is 3. The molecule has 0 aliphatic heterocycles. The number of ether oxygens (including phenoxy) is 2. The SMILES string of the molecule is COCCc1noc(Cn2c(COc3ccccc3)nc3ccccc32)n1. The molecule has 0 spiro atoms. The number of fused-ring (bicyclic) bond motifs is 1. The van der Waals surface area contributed by atoms with E-state index in [1.807, 2.05) is 59.2 Å². The number of methoxy groups -OCH3 is 1. The van der Waals surface area contributed by atoms with Crippen LogP contribution in [0.2, 0.25) is 0 Å². The second-order valence-corrected chi connectivity index (χ2v) is 6.05. The van der Waals surface area contributed by atoms with Gasteiger partial charge >= 0.3 is 0 Å². The molecule has 7 nitrogen and oxygen atoms in total. The van der Waals surface area contributed by atoms with Gasteiger partial charge < -0.3 is 18.6 Å². The molecule has 0 aliphatic carbocycles. The molecule has 2 aromatic heterocycles. The molecule has 0 fully saturated rings. The van der Waals surface area contributed by atoms with Crippen molar-refractivity contribution in [3.8, 4) is 5.75 Å². The summed E-state index contributed by atoms with van der Waals surface area (Å²) in [6.07, 6.45) is 0.620. The van der Waals surface area contributed by atoms with Crippen LogP contribution in [0, 0.1) is 0 Å². The highest BCUT2D eigenvalue weighted by Gasteiger charge is 2.15. The summed E-state index contributed by atoms with van der Waals surface area (Å²) in [6, 6.07) is 17.7. The van der Waals surface area contributed by atoms with E-state index in [-0.39, 0.29) is 0 Å². The van der Waals surface area contributed by atoms with Crippen LogP contribution < -0.4 is 4.74 Å². The lowest BCUT2D eigenvalue weighted by molar-refractivity contribution is 0.199. The largest absolute Gasteiger partial charge is 0.486 e. The molecule has 4 rings (SSSR count). The van der Waals surface area contributed by atoms with Gasteiger partial charge in [0, 0.05) is 13.5 Å². The fourth-order valence-electron chi connectivity index (χ4n) is 2.86. The highest BCUT2D eigenvalue weighted by atomic mass is 16.5. The van der Waals surface area contributed by atoms with Crippen molar-refractivity contribution >= 4 is 11.0 Å². The van der Waals surface area contributed by atoms with Gasteiger partial charge in [-0.25, -0.2) is 4.98 Å². The van der Waals surface area contributed by atoms with Crippen molar-refractivity contribution in [3.05, 3.63) is 72.1 Å². The van der Waals surface area contributed by atoms with Crippen molar-refractivity contribution in [2.24, 2.45) is 0 Å². The van der Waals surface area contributed by atoms with Gasteiger partial charge in [0.1, 0.15) is 24.7 Å². The van der Waals surface area contributed by atoms with E-state index >= 15 is 0 Å². The first-order chi connectivity index (χ1) is 13.3. The number of nitrogens with zero attached hydrogens (tertiary/aromatic N) is 4. The lowest BCUT2D eigenvalue weighted by Gasteiger charge is -2.08. The van der Waals surface area contributed by atoms with E-state index in [4.69, 9.17) is 19.0 Å². The summed E-state index contributed by atoms with van der Waals surface area (Å²) in [5.41, 5.74) is 1.91. The van der Waals surface area contributed by atoms with Crippen LogP contribution in [-0.2, 0) is 24.3 Å². The number of benzene rings is 2. The van der Waals surface area contributed by atoms with Gasteiger partial charge in [0.05, 0.1) is 17.6 Å². The summed E-state index contributed by atoms with van der Waals surface area (Å²) in [4.78, 5) is 9.15. The van der Waals surface area contributed by atoms with Crippen LogP contribution in [0.1, 0.15) is 17.5 Å². The number of hydrogen-bond donors (Lipinski definition) is 0. The van der Waals surface area contributed by atoms with Gasteiger partial charge in [0.2, 0.25) is 5.89 Å². The molecule has 4 aromatic rings. The fourth-order valence-corrected chi connectivity index (χ4v) is 2.86. The summed E-state index contributed by atoms with van der Waals surface area (Å²) in [6.45, 7) is 1.35. The molecule has 0 saturated carbocycles. The van der Waals surface area contributed by atoms with Crippen LogP contribution in [0.25, 0.3) is 11.0 Å². The van der Waals surface area contributed by atoms with Crippen LogP contribution in [0.5, 0.6) is 5.75 Å². The highest BCUT2D eigenvalue weighted by Crippen LogP contribution is 2.19. The first-order valence-electron chi connectivity index (χ1n) is 8.76. The Bertz CT molecular complexity index is 1010. The summed E-state index contributed by atoms with van der Waals surface area (Å²) in [5, 5.41) is 4.01. The van der Waals surface area contributed by atoms with Gasteiger partial charge in [0.15, 0.2) is 5.82 Å². The average Bonchev–Trinajstić information content (AvgIpc) is 3.30. The Morgan fingerprint density at radius 3 is 2.67 bits per heavy atom. The van der Waals surface area contributed by atoms with E-state index in [1.165, 1.54) is 0 Å². The van der Waals surface area contributed by atoms with E-state index in [1.54, 1.807) is 7.11 Å². The van der Waals surface area contributed by atoms with Crippen LogP contribution in [0.3, 0.4) is 0 Å². The molecule has 27 heavy (non-hydrogen) atoms. The van der Waals surface area contributed by atoms with Crippen molar-refractivity contribution in [2.45, 2.75) is 19.6 Å². The van der Waals surface area contributed by atoms with Crippen molar-refractivity contribution in [1.82, 2.24) is 19.7 Å². The van der Waals surface area contributed by atoms with Gasteiger partial charge in [-0.1, -0.05) is 35.5 Å². The Labute approximate surface area is 156 Å². The second-order valence-electron chi connectivity index (χ2n) is 6.05. The van der Waals surface area contributed by atoms with Crippen LogP contribution in [0.15, 0.2) is 59.1 Å². The fraction of sp³-hybridized carbons (Fsp3) is 0.250. The lowest BCUT2D eigenvalue weighted by atomic mass is 10.3. The summed E-state index contributed by atoms with van der Waals surface area (Å²) >= 11 is 0. The van der Waals surface area contributed by atoms with E-state index in [0.717, 1.165) is 22.6 Å². The summed E-state index contributed by atoms with van der Waals surface area (Å²) in [5.74, 6) is 2.77. The van der Waals surface area contributed by atoms with Gasteiger partial charge in [-0.05, 0) is 24.3 Å². The van der Waals surface area contributed by atoms with Crippen LogP contribution in [-0.4, -0.2) is 33.4 Å². The van der Waals surface area contributed by atoms with Crippen LogP contribution >= 0.6 is 0 Å². The average molecular weight is 364 g/mol. The normalized spacial score (nSPS) is 11.1. The number of imidazole rings is 1. The molecule has 7 heteroatoms. The zero-order chi connectivity index (χ0) is 18.5. The first-order valence-corrected chi connectivity index (χ1v) is 8.76. The maximum Gasteiger partial charge on any atom is 0.246 e. The molecule has 138 valence electrons. The second kappa shape index (κ2) is 8.01. The Hall–Kier alpha value is -3.19. The summed E-state index contributed by atoms with van der Waals surface area (Å²) < 4.78 is 18.4. The Morgan fingerprint density at radius 1 is 1.00 bits per heavy atom. The third-order valence-electron chi connectivity index (χ3n) is 4.18. The quantitative estimate of drug-likeness (QED) is 0.478. The molecule has 0 bridgehead atoms. The maximum atomic E-state index is 5.89. The minimum absolute atomic E-state index is 0.351. The first kappa shape index (κ1) is 17.2. The molecule has 2 heterocycles. The van der Waals surface area contributed by atoms with E-state index in [0.29, 0.717) is 37.9 Å². The minimum Gasteiger partial charge on any atom is -0.486 e. The highest BCUT2D eigenvalue weighted by molar-refractivity contribution is 5.75. The molecule has 0 atom stereocenters. The number of rotatable bonds is 8. The van der Waals surface area contributed by atoms with E-state index in [9.17, 15) is 0 Å². The van der Waals surface area contributed by atoms with Gasteiger partial charge in [-0.2, -0.15) is 4.98 Å². The Kier molecular flexibility index (Phi) is 5.11. The summed E-state index contributed by atoms with van der Waals surface area (Å²) in [7, 11) is 1.65. The number of aromatic nitrogens is 4. The zero-order valence-electron chi connectivity index (χ0n) is 15.0. The van der Waals surface area contributed by atoms with Gasteiger partial charge in [-0.15, -0.1) is 0 Å². The molecule has 0 aliphatic rings. The maximum absolute atomic E-state index is 5.89. The van der Waals surface area contributed by atoms with Gasteiger partial charge in [0.25, 0.3) is 0 Å². The molecule has 0 unspecified atom stereocenters. The molecule has 2 aromatic carbocycles. The predicted molar refractivity (Wildman–Crippen MR) is 99.5 cm³/mol. The molecule has 0 saturated heterocycles. The minimum atomic E-state index is 0.351. The van der Waals surface area contributed by atoms with E-state index in [2.05, 4.69) is 10.1 Å². The lowest BCUT2D eigenvalue weighted by Crippen LogP contribution is -2.09. The van der Waals surface area contributed by atoms with Crippen LogP contribution in [0.4, 0.5) is 0 Å². The Morgan fingerprint density at radius 2 is 1.81 bits per heavy atom. The smallest absolute Gasteiger partial charge is 0.246 e. The molecular formula is C20H20N4O3. The molecule has 0 amide bonds. The zero-order valence-corrected chi connectivity index (χ0v) is 15.0. The third-order valence-corrected chi connectivity index (χ3v) is 4.18. The molecule has 0 radical (unpaired) electrons. The molecular weight excluding hydrogens is 344 g/mol. The van der Waals surface area contributed by atoms with Crippen molar-refractivity contribution in [1.29, 1.82) is 0 Å². The predicted octanol–water partition coefficient (Wildman–Crippen LogP) is 3.24. The topological polar surface area (TPSA) is 75.2 Å². The van der Waals surface area contributed by atoms with Gasteiger partial charge in [-0.3, -0.25) is 0 Å². The third kappa shape index (κ3) is 3.98. The van der Waals surface area contributed by atoms with Crippen molar-refractivity contribution in [2.75, 3.05) is 13.7 Å². The van der Waals surface area contributed by atoms with E-state index < -0.39 is 0 Å². The molecule has 0 N–H and O–H groups in total. The van der Waals surface area contributed by atoms with Crippen molar-refractivity contribution < 1.29 is 14.0 Å². The number of hydrogen-bond acceptors (Lipinski definition) is 6. The monoisotopic (exact) mass is 364 g/mol. The van der Waals surface area contributed by atoms with Crippen molar-refractivity contribution in [3.63, 3.8) is 0 Å².